The van der Waals surface area contributed by atoms with Gasteiger partial charge in [-0.25, -0.2) is 4.98 Å². The zero-order valence-corrected chi connectivity index (χ0v) is 16.0. The first-order chi connectivity index (χ1) is 13.5. The van der Waals surface area contributed by atoms with Crippen molar-refractivity contribution in [3.8, 4) is 11.3 Å². The van der Waals surface area contributed by atoms with E-state index in [2.05, 4.69) is 14.9 Å². The molecule has 3 heterocycles. The van der Waals surface area contributed by atoms with Crippen LogP contribution in [0.2, 0.25) is 0 Å². The number of furan rings is 1. The van der Waals surface area contributed by atoms with Crippen LogP contribution < -0.4 is 5.56 Å². The lowest BCUT2D eigenvalue weighted by Gasteiger charge is -2.26. The molecular weight excluding hydrogens is 380 g/mol. The third kappa shape index (κ3) is 3.71. The summed E-state index contributed by atoms with van der Waals surface area (Å²) in [5, 5.41) is 11.4. The zero-order chi connectivity index (χ0) is 19.7. The molecule has 1 aliphatic heterocycles. The highest BCUT2D eigenvalue weighted by Gasteiger charge is 2.22. The molecule has 0 fully saturated rings. The molecule has 1 aromatic carbocycles. The molecule has 0 aliphatic carbocycles. The fraction of sp³-hybridized carbons (Fsp3) is 0.263. The molecule has 0 atom stereocenters. The number of H-pyrrole nitrogens is 1. The van der Waals surface area contributed by atoms with E-state index in [1.165, 1.54) is 23.9 Å². The maximum absolute atomic E-state index is 12.3. The molecule has 1 N–H and O–H groups in total. The molecule has 9 heteroatoms. The van der Waals surface area contributed by atoms with Crippen LogP contribution in [-0.4, -0.2) is 32.6 Å². The van der Waals surface area contributed by atoms with Gasteiger partial charge in [0.2, 0.25) is 0 Å². The van der Waals surface area contributed by atoms with Gasteiger partial charge in [0, 0.05) is 37.2 Å². The number of nitrogens with one attached hydrogen (secondary N) is 1. The van der Waals surface area contributed by atoms with Crippen molar-refractivity contribution >= 4 is 17.4 Å². The third-order valence-electron chi connectivity index (χ3n) is 4.72. The monoisotopic (exact) mass is 398 g/mol. The minimum atomic E-state index is -0.426. The Morgan fingerprint density at radius 2 is 2.07 bits per heavy atom. The Morgan fingerprint density at radius 3 is 2.79 bits per heavy atom. The van der Waals surface area contributed by atoms with E-state index in [4.69, 9.17) is 4.42 Å². The van der Waals surface area contributed by atoms with E-state index < -0.39 is 4.92 Å². The number of aromatic nitrogens is 2. The van der Waals surface area contributed by atoms with Crippen LogP contribution in [-0.2, 0) is 19.5 Å². The van der Waals surface area contributed by atoms with Crippen molar-refractivity contribution in [2.45, 2.75) is 24.7 Å². The number of aromatic amines is 1. The van der Waals surface area contributed by atoms with Gasteiger partial charge in [-0.05, 0) is 30.5 Å². The number of hydrogen-bond donors (Lipinski definition) is 1. The summed E-state index contributed by atoms with van der Waals surface area (Å²) < 4.78 is 5.91. The highest BCUT2D eigenvalue weighted by molar-refractivity contribution is 7.98. The van der Waals surface area contributed by atoms with Gasteiger partial charge in [0.15, 0.2) is 5.16 Å². The molecule has 8 nitrogen and oxygen atoms in total. The maximum Gasteiger partial charge on any atom is 0.269 e. The van der Waals surface area contributed by atoms with E-state index in [0.29, 0.717) is 29.6 Å². The Bertz CT molecular complexity index is 1070. The van der Waals surface area contributed by atoms with Crippen LogP contribution in [0.3, 0.4) is 0 Å². The van der Waals surface area contributed by atoms with Crippen LogP contribution in [0.5, 0.6) is 0 Å². The van der Waals surface area contributed by atoms with Gasteiger partial charge in [-0.3, -0.25) is 19.8 Å². The number of thioether (sulfide) groups is 1. The minimum absolute atomic E-state index is 0.0472. The van der Waals surface area contributed by atoms with Gasteiger partial charge in [0.05, 0.1) is 22.7 Å². The van der Waals surface area contributed by atoms with Crippen LogP contribution in [0.15, 0.2) is 50.8 Å². The smallest absolute Gasteiger partial charge is 0.269 e. The predicted octanol–water partition coefficient (Wildman–Crippen LogP) is 3.22. The number of hydrogen-bond acceptors (Lipinski definition) is 7. The minimum Gasteiger partial charge on any atom is -0.460 e. The molecule has 1 aliphatic rings. The number of nitro groups is 1. The average Bonchev–Trinajstić information content (AvgIpc) is 3.16. The first kappa shape index (κ1) is 18.5. The van der Waals surface area contributed by atoms with Crippen LogP contribution in [0.4, 0.5) is 5.69 Å². The summed E-state index contributed by atoms with van der Waals surface area (Å²) >= 11 is 1.43. The first-order valence-corrected chi connectivity index (χ1v) is 9.98. The third-order valence-corrected chi connectivity index (χ3v) is 5.30. The van der Waals surface area contributed by atoms with Gasteiger partial charge in [-0.1, -0.05) is 11.8 Å². The second-order valence-electron chi connectivity index (χ2n) is 6.53. The maximum atomic E-state index is 12.3. The molecular formula is C19H18N4O4S. The van der Waals surface area contributed by atoms with Crippen LogP contribution in [0.25, 0.3) is 11.3 Å². The topological polar surface area (TPSA) is 105 Å². The Hall–Kier alpha value is -2.91. The van der Waals surface area contributed by atoms with E-state index in [1.807, 2.05) is 18.4 Å². The van der Waals surface area contributed by atoms with Gasteiger partial charge in [0.1, 0.15) is 11.5 Å². The predicted molar refractivity (Wildman–Crippen MR) is 105 cm³/mol. The summed E-state index contributed by atoms with van der Waals surface area (Å²) in [6.07, 6.45) is 2.61. The van der Waals surface area contributed by atoms with E-state index in [1.54, 1.807) is 12.1 Å². The van der Waals surface area contributed by atoms with Crippen molar-refractivity contribution in [2.24, 2.45) is 0 Å². The number of non-ortho nitro benzene ring substituents is 1. The van der Waals surface area contributed by atoms with E-state index >= 15 is 0 Å². The quantitative estimate of drug-likeness (QED) is 0.304. The molecule has 0 spiro atoms. The standard InChI is InChI=1S/C19H18N4O4S/c1-28-19-20-16-8-9-22(11-15(16)18(24)21-19)10-14-6-7-17(27-14)12-2-4-13(5-3-12)23(25)26/h2-7H,8-11H2,1H3,(H,20,21,24). The van der Waals surface area contributed by atoms with Gasteiger partial charge in [0.25, 0.3) is 11.2 Å². The van der Waals surface area contributed by atoms with Gasteiger partial charge >= 0.3 is 0 Å². The van der Waals surface area contributed by atoms with Crippen molar-refractivity contribution < 1.29 is 9.34 Å². The highest BCUT2D eigenvalue weighted by atomic mass is 32.2. The molecule has 28 heavy (non-hydrogen) atoms. The van der Waals surface area contributed by atoms with Crippen LogP contribution in [0.1, 0.15) is 17.0 Å². The Kier molecular flexibility index (Phi) is 5.01. The van der Waals surface area contributed by atoms with Gasteiger partial charge in [-0.15, -0.1) is 0 Å². The Labute approximate surface area is 164 Å². The fourth-order valence-corrected chi connectivity index (χ4v) is 3.67. The molecule has 0 saturated heterocycles. The summed E-state index contributed by atoms with van der Waals surface area (Å²) in [6.45, 7) is 1.90. The molecule has 2 aromatic heterocycles. The molecule has 0 radical (unpaired) electrons. The second-order valence-corrected chi connectivity index (χ2v) is 7.33. The van der Waals surface area contributed by atoms with Crippen molar-refractivity contribution in [3.05, 3.63) is 73.9 Å². The molecule has 0 unspecified atom stereocenters. The second kappa shape index (κ2) is 7.61. The lowest BCUT2D eigenvalue weighted by atomic mass is 10.1. The lowest BCUT2D eigenvalue weighted by Crippen LogP contribution is -2.35. The number of rotatable bonds is 5. The number of fused-ring (bicyclic) bond motifs is 1. The summed E-state index contributed by atoms with van der Waals surface area (Å²) in [5.74, 6) is 1.44. The largest absolute Gasteiger partial charge is 0.460 e. The SMILES string of the molecule is CSc1nc2c(c(=O)[nH]1)CN(Cc1ccc(-c3ccc([N+](=O)[O-])cc3)o1)CC2. The molecule has 4 rings (SSSR count). The summed E-state index contributed by atoms with van der Waals surface area (Å²) in [7, 11) is 0. The Morgan fingerprint density at radius 1 is 1.29 bits per heavy atom. The summed E-state index contributed by atoms with van der Waals surface area (Å²) in [6, 6.07) is 10.0. The normalized spacial score (nSPS) is 14.0. The van der Waals surface area contributed by atoms with Crippen molar-refractivity contribution in [2.75, 3.05) is 12.8 Å². The van der Waals surface area contributed by atoms with Crippen LogP contribution >= 0.6 is 11.8 Å². The molecule has 0 amide bonds. The fourth-order valence-electron chi connectivity index (χ4n) is 3.28. The molecule has 144 valence electrons. The van der Waals surface area contributed by atoms with Gasteiger partial charge in [-0.2, -0.15) is 0 Å². The number of nitro benzene ring substituents is 1. The Balaban J connectivity index is 1.47. The zero-order valence-electron chi connectivity index (χ0n) is 15.2. The van der Waals surface area contributed by atoms with E-state index in [9.17, 15) is 14.9 Å². The first-order valence-electron chi connectivity index (χ1n) is 8.75. The number of benzene rings is 1. The molecule has 0 bridgehead atoms. The van der Waals surface area contributed by atoms with E-state index in [0.717, 1.165) is 30.0 Å². The number of nitrogens with zero attached hydrogens (tertiary/aromatic N) is 3. The van der Waals surface area contributed by atoms with Gasteiger partial charge < -0.3 is 9.40 Å². The van der Waals surface area contributed by atoms with Crippen molar-refractivity contribution in [1.82, 2.24) is 14.9 Å². The van der Waals surface area contributed by atoms with Crippen molar-refractivity contribution in [1.29, 1.82) is 0 Å². The lowest BCUT2D eigenvalue weighted by molar-refractivity contribution is -0.384. The average molecular weight is 398 g/mol. The summed E-state index contributed by atoms with van der Waals surface area (Å²) in [5.41, 5.74) is 2.34. The van der Waals surface area contributed by atoms with Crippen LogP contribution in [0, 0.1) is 10.1 Å². The van der Waals surface area contributed by atoms with Crippen molar-refractivity contribution in [3.63, 3.8) is 0 Å². The highest BCUT2D eigenvalue weighted by Crippen LogP contribution is 2.26. The summed E-state index contributed by atoms with van der Waals surface area (Å²) in [4.78, 5) is 32.1. The van der Waals surface area contributed by atoms with E-state index in [-0.39, 0.29) is 11.2 Å². The molecule has 3 aromatic rings. The molecule has 0 saturated carbocycles.